The predicted octanol–water partition coefficient (Wildman–Crippen LogP) is -7.24. The quantitative estimate of drug-likeness (QED) is 0.0187. The fourth-order valence-corrected chi connectivity index (χ4v) is 6.99. The van der Waals surface area contributed by atoms with Gasteiger partial charge in [0.1, 0.15) is 48.3 Å². The second kappa shape index (κ2) is 28.7. The first kappa shape index (κ1) is 57.7. The van der Waals surface area contributed by atoms with E-state index in [2.05, 4.69) is 46.9 Å². The maximum atomic E-state index is 14.2. The van der Waals surface area contributed by atoms with Gasteiger partial charge in [0, 0.05) is 50.7 Å². The highest BCUT2D eigenvalue weighted by Crippen LogP contribution is 2.19. The van der Waals surface area contributed by atoms with E-state index in [-0.39, 0.29) is 63.3 Å². The van der Waals surface area contributed by atoms with Crippen molar-refractivity contribution in [1.82, 2.24) is 46.8 Å². The van der Waals surface area contributed by atoms with Gasteiger partial charge in [0.15, 0.2) is 5.96 Å². The van der Waals surface area contributed by atoms with Gasteiger partial charge in [-0.05, 0) is 50.9 Å². The van der Waals surface area contributed by atoms with Crippen molar-refractivity contribution in [2.45, 2.75) is 133 Å². The normalized spacial score (nSPS) is 16.2. The van der Waals surface area contributed by atoms with Crippen LogP contribution >= 0.6 is 0 Å². The number of aliphatic imine (C=N–C) groups is 1. The molecule has 0 aliphatic carbocycles. The fourth-order valence-electron chi connectivity index (χ4n) is 6.99. The van der Waals surface area contributed by atoms with E-state index in [1.807, 2.05) is 0 Å². The Labute approximate surface area is 396 Å². The molecule has 8 atom stereocenters. The lowest BCUT2D eigenvalue weighted by atomic mass is 10.0. The summed E-state index contributed by atoms with van der Waals surface area (Å²) in [5.41, 5.74) is 32.9. The molecule has 21 N–H and O–H groups in total. The number of aliphatic hydroxyl groups is 1. The minimum Gasteiger partial charge on any atom is -0.481 e. The summed E-state index contributed by atoms with van der Waals surface area (Å²) in [7, 11) is 0. The maximum Gasteiger partial charge on any atom is 0.303 e. The van der Waals surface area contributed by atoms with Crippen molar-refractivity contribution in [3.8, 4) is 0 Å². The van der Waals surface area contributed by atoms with E-state index >= 15 is 0 Å². The summed E-state index contributed by atoms with van der Waals surface area (Å²) in [6.45, 7) is 2.54. The zero-order chi connectivity index (χ0) is 52.0. The molecule has 1 fully saturated rings. The zero-order valence-corrected chi connectivity index (χ0v) is 38.4. The number of hydrogen-bond donors (Lipinski definition) is 15. The van der Waals surface area contributed by atoms with Crippen LogP contribution in [-0.4, -0.2) is 164 Å². The SMILES string of the molecule is CC(C)[C@H](NC(=O)[C@@H](CCCN=C(N)N)NC(=O)[C@H](CCC(N)=O)NC(=O)[C@H](Cc1cnc[nH]1)NC(=O)[C@H](CCC(=O)O)NC(=O)[C@@H]1CCCN1C(=O)[C@@H](N)CO)C(=O)N[C@@H](CCC(N)=O)C(N)=O. The summed E-state index contributed by atoms with van der Waals surface area (Å²) >= 11 is 0. The number of aliphatic hydroxyl groups excluding tert-OH is 1. The van der Waals surface area contributed by atoms with Gasteiger partial charge in [-0.3, -0.25) is 57.7 Å². The number of carboxylic acid groups (broad SMARTS) is 1. The van der Waals surface area contributed by atoms with Crippen LogP contribution in [0.5, 0.6) is 0 Å². The van der Waals surface area contributed by atoms with Crippen LogP contribution in [0.15, 0.2) is 17.5 Å². The number of hydrogen-bond acceptors (Lipinski definition) is 15. The van der Waals surface area contributed by atoms with Crippen LogP contribution in [0, 0.1) is 5.92 Å². The number of rotatable bonds is 31. The van der Waals surface area contributed by atoms with Crippen LogP contribution in [0.3, 0.4) is 0 Å². The van der Waals surface area contributed by atoms with Gasteiger partial charge in [-0.15, -0.1) is 0 Å². The second-order valence-electron chi connectivity index (χ2n) is 16.6. The van der Waals surface area contributed by atoms with Gasteiger partial charge in [-0.1, -0.05) is 13.8 Å². The molecule has 1 aliphatic heterocycles. The van der Waals surface area contributed by atoms with Gasteiger partial charge in [-0.25, -0.2) is 4.98 Å². The van der Waals surface area contributed by atoms with Crippen molar-refractivity contribution >= 4 is 71.0 Å². The van der Waals surface area contributed by atoms with E-state index in [4.69, 9.17) is 34.4 Å². The molecule has 1 aromatic heterocycles. The first-order valence-electron chi connectivity index (χ1n) is 22.0. The minimum atomic E-state index is -1.64. The van der Waals surface area contributed by atoms with E-state index in [9.17, 15) is 63.0 Å². The molecular formula is C40H66N16O13. The van der Waals surface area contributed by atoms with Crippen molar-refractivity contribution in [3.63, 3.8) is 0 Å². The number of aromatic nitrogens is 2. The molecule has 0 aromatic carbocycles. The average molecular weight is 979 g/mol. The number of carbonyl (C=O) groups is 11. The first-order valence-corrected chi connectivity index (χ1v) is 22.0. The maximum absolute atomic E-state index is 14.2. The van der Waals surface area contributed by atoms with Gasteiger partial charge in [0.05, 0.1) is 12.9 Å². The molecule has 2 rings (SSSR count). The molecule has 0 saturated carbocycles. The summed E-state index contributed by atoms with van der Waals surface area (Å²) in [5.74, 6) is -11.3. The predicted molar refractivity (Wildman–Crippen MR) is 241 cm³/mol. The Bertz CT molecular complexity index is 2010. The Balaban J connectivity index is 2.46. The van der Waals surface area contributed by atoms with Crippen molar-refractivity contribution in [2.24, 2.45) is 45.3 Å². The number of guanidine groups is 1. The number of carbonyl (C=O) groups excluding carboxylic acids is 10. The van der Waals surface area contributed by atoms with Crippen LogP contribution in [0.2, 0.25) is 0 Å². The molecule has 0 spiro atoms. The summed E-state index contributed by atoms with van der Waals surface area (Å²) in [5, 5.41) is 33.7. The Morgan fingerprint density at radius 2 is 1.26 bits per heavy atom. The number of imidazole rings is 1. The third-order valence-corrected chi connectivity index (χ3v) is 10.7. The number of carboxylic acids is 1. The molecule has 0 unspecified atom stereocenters. The molecule has 29 nitrogen and oxygen atoms in total. The Morgan fingerprint density at radius 1 is 0.739 bits per heavy atom. The summed E-state index contributed by atoms with van der Waals surface area (Å²) < 4.78 is 0. The number of likely N-dealkylation sites (tertiary alicyclic amines) is 1. The first-order chi connectivity index (χ1) is 32.4. The van der Waals surface area contributed by atoms with Gasteiger partial charge >= 0.3 is 5.97 Å². The van der Waals surface area contributed by atoms with Crippen LogP contribution < -0.4 is 66.3 Å². The molecule has 384 valence electrons. The number of H-pyrrole nitrogens is 1. The van der Waals surface area contributed by atoms with E-state index in [1.165, 1.54) is 12.5 Å². The van der Waals surface area contributed by atoms with Gasteiger partial charge < -0.3 is 86.4 Å². The molecule has 1 aliphatic rings. The third kappa shape index (κ3) is 20.1. The summed E-state index contributed by atoms with van der Waals surface area (Å²) in [4.78, 5) is 155. The molecule has 1 aromatic rings. The molecule has 29 heteroatoms. The average Bonchev–Trinajstić information content (AvgIpc) is 3.99. The van der Waals surface area contributed by atoms with E-state index in [1.54, 1.807) is 13.8 Å². The molecule has 2 heterocycles. The number of aromatic amines is 1. The summed E-state index contributed by atoms with van der Waals surface area (Å²) in [6, 6.07) is -11.4. The van der Waals surface area contributed by atoms with E-state index in [0.29, 0.717) is 6.42 Å². The standard InChI is InChI=1S/C40H66N16O13/c1-19(2)31(38(68)50-22(32(44)62)7-10-28(42)58)55-35(65)23(5-3-13-48-40(45)46)51-33(63)24(8-11-29(43)59)52-36(66)26(15-20-16-47-18-49-20)54-34(64)25(9-12-30(60)61)53-37(67)27-6-4-14-56(27)39(69)21(41)17-57/h16,18-19,21-27,31,57H,3-15,17,41H2,1-2H3,(H2,42,58)(H2,43,59)(H2,44,62)(H,47,49)(H,50,68)(H,51,63)(H,52,66)(H,53,67)(H,54,64)(H,55,65)(H,60,61)(H4,45,46,48)/t21-,22-,23+,24-,25-,26-,27-,31-/m0/s1. The van der Waals surface area contributed by atoms with Gasteiger partial charge in [0.2, 0.25) is 59.1 Å². The number of nitrogens with zero attached hydrogens (tertiary/aromatic N) is 3. The lowest BCUT2D eigenvalue weighted by Gasteiger charge is -2.29. The molecule has 10 amide bonds. The van der Waals surface area contributed by atoms with E-state index < -0.39 is 152 Å². The Kier molecular flexibility index (Phi) is 24.0. The Hall–Kier alpha value is -7.43. The highest BCUT2D eigenvalue weighted by Gasteiger charge is 2.39. The second-order valence-corrected chi connectivity index (χ2v) is 16.6. The van der Waals surface area contributed by atoms with E-state index in [0.717, 1.165) is 4.90 Å². The fraction of sp³-hybridized carbons (Fsp3) is 0.625. The number of nitrogens with one attached hydrogen (secondary N) is 7. The van der Waals surface area contributed by atoms with Crippen molar-refractivity contribution in [1.29, 1.82) is 0 Å². The molecule has 0 bridgehead atoms. The largest absolute Gasteiger partial charge is 0.481 e. The van der Waals surface area contributed by atoms with Gasteiger partial charge in [-0.2, -0.15) is 0 Å². The monoisotopic (exact) mass is 978 g/mol. The zero-order valence-electron chi connectivity index (χ0n) is 38.4. The number of primary amides is 3. The van der Waals surface area contributed by atoms with Crippen LogP contribution in [-0.2, 0) is 59.2 Å². The highest BCUT2D eigenvalue weighted by atomic mass is 16.4. The molecular weight excluding hydrogens is 913 g/mol. The third-order valence-electron chi connectivity index (χ3n) is 10.7. The van der Waals surface area contributed by atoms with Crippen LogP contribution in [0.25, 0.3) is 0 Å². The topological polar surface area (TPSA) is 501 Å². The number of amides is 10. The minimum absolute atomic E-state index is 0.0180. The molecule has 0 radical (unpaired) electrons. The molecule has 1 saturated heterocycles. The lowest BCUT2D eigenvalue weighted by molar-refractivity contribution is -0.141. The van der Waals surface area contributed by atoms with Crippen molar-refractivity contribution in [3.05, 3.63) is 18.2 Å². The van der Waals surface area contributed by atoms with Crippen molar-refractivity contribution in [2.75, 3.05) is 19.7 Å². The Morgan fingerprint density at radius 3 is 1.78 bits per heavy atom. The van der Waals surface area contributed by atoms with Crippen LogP contribution in [0.4, 0.5) is 0 Å². The lowest BCUT2D eigenvalue weighted by Crippen LogP contribution is -2.61. The molecule has 69 heavy (non-hydrogen) atoms. The summed E-state index contributed by atoms with van der Waals surface area (Å²) in [6.07, 6.45) is 0.192. The number of nitrogens with two attached hydrogens (primary N) is 6. The van der Waals surface area contributed by atoms with Gasteiger partial charge in [0.25, 0.3) is 0 Å². The smallest absolute Gasteiger partial charge is 0.303 e. The number of aliphatic carboxylic acids is 1. The highest BCUT2D eigenvalue weighted by molar-refractivity contribution is 5.98. The van der Waals surface area contributed by atoms with Crippen LogP contribution in [0.1, 0.15) is 83.7 Å². The van der Waals surface area contributed by atoms with Crippen molar-refractivity contribution < 1.29 is 63.0 Å².